The zero-order chi connectivity index (χ0) is 21.8. The van der Waals surface area contributed by atoms with Crippen LogP contribution in [0.3, 0.4) is 0 Å². The Bertz CT molecular complexity index is 1500. The molecule has 2 aromatic carbocycles. The minimum atomic E-state index is -4.69. The lowest BCUT2D eigenvalue weighted by molar-refractivity contribution is -0.140. The Kier molecular flexibility index (Phi) is 4.18. The van der Waals surface area contributed by atoms with Gasteiger partial charge in [0.05, 0.1) is 22.3 Å². The first-order valence-electron chi connectivity index (χ1n) is 9.47. The molecule has 8 heteroatoms. The van der Waals surface area contributed by atoms with Crippen LogP contribution in [0, 0.1) is 6.92 Å². The van der Waals surface area contributed by atoms with Crippen LogP contribution >= 0.6 is 0 Å². The highest BCUT2D eigenvalue weighted by Crippen LogP contribution is 2.38. The summed E-state index contributed by atoms with van der Waals surface area (Å²) in [5, 5.41) is 3.06. The quantitative estimate of drug-likeness (QED) is 0.425. The van der Waals surface area contributed by atoms with Crippen molar-refractivity contribution in [2.24, 2.45) is 0 Å². The minimum absolute atomic E-state index is 0.0708. The number of hydrogen-bond acceptors (Lipinski definition) is 3. The molecule has 154 valence electrons. The van der Waals surface area contributed by atoms with Gasteiger partial charge in [-0.1, -0.05) is 48.5 Å². The number of para-hydroxylation sites is 1. The number of nitrogens with one attached hydrogen (secondary N) is 1. The van der Waals surface area contributed by atoms with Gasteiger partial charge >= 0.3 is 6.18 Å². The molecular weight excluding hydrogens is 405 g/mol. The molecule has 5 rings (SSSR count). The van der Waals surface area contributed by atoms with Crippen molar-refractivity contribution in [3.8, 4) is 22.3 Å². The second-order valence-corrected chi connectivity index (χ2v) is 7.18. The van der Waals surface area contributed by atoms with Crippen molar-refractivity contribution in [2.75, 3.05) is 0 Å². The molecule has 0 aliphatic carbocycles. The molecule has 5 aromatic rings. The summed E-state index contributed by atoms with van der Waals surface area (Å²) < 4.78 is 42.3. The number of benzene rings is 2. The number of aromatic amines is 1. The number of pyridine rings is 1. The van der Waals surface area contributed by atoms with Gasteiger partial charge in [0, 0.05) is 17.1 Å². The Balaban J connectivity index is 1.83. The number of H-pyrrole nitrogens is 1. The normalized spacial score (nSPS) is 12.0. The molecule has 0 saturated heterocycles. The van der Waals surface area contributed by atoms with Gasteiger partial charge < -0.3 is 0 Å². The second-order valence-electron chi connectivity index (χ2n) is 7.18. The Morgan fingerprint density at radius 3 is 2.39 bits per heavy atom. The van der Waals surface area contributed by atoms with Crippen LogP contribution < -0.4 is 5.56 Å². The number of hydrogen-bond donors (Lipinski definition) is 1. The van der Waals surface area contributed by atoms with Crippen molar-refractivity contribution < 1.29 is 13.2 Å². The largest absolute Gasteiger partial charge is 0.433 e. The average Bonchev–Trinajstić information content (AvgIpc) is 3.14. The van der Waals surface area contributed by atoms with Crippen molar-refractivity contribution in [1.29, 1.82) is 0 Å². The Labute approximate surface area is 173 Å². The third kappa shape index (κ3) is 3.07. The van der Waals surface area contributed by atoms with Gasteiger partial charge in [-0.05, 0) is 24.6 Å². The number of alkyl halides is 3. The molecule has 0 saturated carbocycles. The molecule has 0 aliphatic heterocycles. The van der Waals surface area contributed by atoms with E-state index in [-0.39, 0.29) is 16.8 Å². The molecule has 0 bridgehead atoms. The van der Waals surface area contributed by atoms with E-state index in [1.807, 2.05) is 24.3 Å². The number of fused-ring (bicyclic) bond motifs is 2. The van der Waals surface area contributed by atoms with Gasteiger partial charge in [-0.2, -0.15) is 17.7 Å². The second kappa shape index (κ2) is 6.80. The SMILES string of the molecule is Cc1nc2c(-c3ccccc3)c(C(F)(F)F)[nH]n2c(=O)c1-c1cnc2ccccc2c1. The zero-order valence-corrected chi connectivity index (χ0v) is 16.2. The summed E-state index contributed by atoms with van der Waals surface area (Å²) in [6.07, 6.45) is -3.16. The lowest BCUT2D eigenvalue weighted by Gasteiger charge is -2.08. The van der Waals surface area contributed by atoms with Crippen LogP contribution in [0.15, 0.2) is 71.7 Å². The summed E-state index contributed by atoms with van der Waals surface area (Å²) in [5.41, 5.74) is 0.229. The predicted octanol–water partition coefficient (Wildman–Crippen LogP) is 5.23. The van der Waals surface area contributed by atoms with E-state index in [1.54, 1.807) is 43.3 Å². The zero-order valence-electron chi connectivity index (χ0n) is 16.2. The summed E-state index contributed by atoms with van der Waals surface area (Å²) >= 11 is 0. The number of aromatic nitrogens is 4. The number of rotatable bonds is 2. The van der Waals surface area contributed by atoms with E-state index in [1.165, 1.54) is 6.20 Å². The fourth-order valence-electron chi connectivity index (χ4n) is 3.80. The highest BCUT2D eigenvalue weighted by atomic mass is 19.4. The standard InChI is InChI=1S/C23H15F3N4O/c1-13-18(16-11-15-9-5-6-10-17(15)27-12-16)22(31)30-21(28-13)19(14-7-3-2-4-8-14)20(29-30)23(24,25)26/h2-12,29H,1H3. The first kappa shape index (κ1) is 19.0. The number of aryl methyl sites for hydroxylation is 1. The molecular formula is C23H15F3N4O. The van der Waals surface area contributed by atoms with Crippen LogP contribution in [0.25, 0.3) is 38.8 Å². The molecule has 3 heterocycles. The molecule has 0 aliphatic rings. The summed E-state index contributed by atoms with van der Waals surface area (Å²) in [6, 6.07) is 17.3. The third-order valence-electron chi connectivity index (χ3n) is 5.19. The monoisotopic (exact) mass is 420 g/mol. The molecule has 1 N–H and O–H groups in total. The maximum Gasteiger partial charge on any atom is 0.433 e. The van der Waals surface area contributed by atoms with Crippen LogP contribution in [-0.4, -0.2) is 19.6 Å². The molecule has 31 heavy (non-hydrogen) atoms. The van der Waals surface area contributed by atoms with Crippen LogP contribution in [-0.2, 0) is 6.18 Å². The highest BCUT2D eigenvalue weighted by Gasteiger charge is 2.38. The maximum absolute atomic E-state index is 13.8. The van der Waals surface area contributed by atoms with Crippen molar-refractivity contribution in [1.82, 2.24) is 19.6 Å². The van der Waals surface area contributed by atoms with E-state index >= 15 is 0 Å². The van der Waals surface area contributed by atoms with Crippen LogP contribution in [0.5, 0.6) is 0 Å². The summed E-state index contributed by atoms with van der Waals surface area (Å²) in [6.45, 7) is 1.61. The van der Waals surface area contributed by atoms with Crippen molar-refractivity contribution >= 4 is 16.6 Å². The Hall–Kier alpha value is -3.94. The number of nitrogens with zero attached hydrogens (tertiary/aromatic N) is 3. The van der Waals surface area contributed by atoms with E-state index < -0.39 is 17.4 Å². The molecule has 5 nitrogen and oxygen atoms in total. The van der Waals surface area contributed by atoms with Gasteiger partial charge in [-0.15, -0.1) is 0 Å². The average molecular weight is 420 g/mol. The smallest absolute Gasteiger partial charge is 0.284 e. The van der Waals surface area contributed by atoms with E-state index in [2.05, 4.69) is 15.1 Å². The molecule has 0 amide bonds. The molecule has 0 atom stereocenters. The first-order chi connectivity index (χ1) is 14.8. The highest BCUT2D eigenvalue weighted by molar-refractivity contribution is 5.85. The van der Waals surface area contributed by atoms with E-state index in [4.69, 9.17) is 0 Å². The van der Waals surface area contributed by atoms with Gasteiger partial charge in [0.15, 0.2) is 5.65 Å². The molecule has 0 spiro atoms. The topological polar surface area (TPSA) is 63.1 Å². The van der Waals surface area contributed by atoms with Crippen molar-refractivity contribution in [3.05, 3.63) is 88.6 Å². The van der Waals surface area contributed by atoms with Gasteiger partial charge in [0.25, 0.3) is 5.56 Å². The van der Waals surface area contributed by atoms with Crippen molar-refractivity contribution in [2.45, 2.75) is 13.1 Å². The van der Waals surface area contributed by atoms with E-state index in [9.17, 15) is 18.0 Å². The van der Waals surface area contributed by atoms with Crippen LogP contribution in [0.1, 0.15) is 11.4 Å². The summed E-state index contributed by atoms with van der Waals surface area (Å²) in [4.78, 5) is 22.1. The third-order valence-corrected chi connectivity index (χ3v) is 5.19. The van der Waals surface area contributed by atoms with Gasteiger partial charge in [0.1, 0.15) is 5.69 Å². The molecule has 3 aromatic heterocycles. The molecule has 0 unspecified atom stereocenters. The van der Waals surface area contributed by atoms with Crippen molar-refractivity contribution in [3.63, 3.8) is 0 Å². The fourth-order valence-corrected chi connectivity index (χ4v) is 3.80. The minimum Gasteiger partial charge on any atom is -0.284 e. The Morgan fingerprint density at radius 2 is 1.65 bits per heavy atom. The van der Waals surface area contributed by atoms with E-state index in [0.717, 1.165) is 15.4 Å². The fraction of sp³-hybridized carbons (Fsp3) is 0.0870. The predicted molar refractivity (Wildman–Crippen MR) is 112 cm³/mol. The van der Waals surface area contributed by atoms with Crippen LogP contribution in [0.4, 0.5) is 13.2 Å². The lowest BCUT2D eigenvalue weighted by atomic mass is 10.0. The molecule has 0 fully saturated rings. The first-order valence-corrected chi connectivity index (χ1v) is 9.47. The van der Waals surface area contributed by atoms with Gasteiger partial charge in [-0.25, -0.2) is 4.98 Å². The van der Waals surface area contributed by atoms with Gasteiger partial charge in [-0.3, -0.25) is 14.9 Å². The lowest BCUT2D eigenvalue weighted by Crippen LogP contribution is -2.19. The summed E-state index contributed by atoms with van der Waals surface area (Å²) in [5.74, 6) is 0. The Morgan fingerprint density at radius 1 is 0.935 bits per heavy atom. The number of halogens is 3. The van der Waals surface area contributed by atoms with Gasteiger partial charge in [0.2, 0.25) is 0 Å². The molecule has 0 radical (unpaired) electrons. The summed E-state index contributed by atoms with van der Waals surface area (Å²) in [7, 11) is 0. The maximum atomic E-state index is 13.8. The van der Waals surface area contributed by atoms with E-state index in [0.29, 0.717) is 16.8 Å². The van der Waals surface area contributed by atoms with Crippen LogP contribution in [0.2, 0.25) is 0 Å².